The number of likely N-dealkylation sites (tertiary alicyclic amines) is 1. The van der Waals surface area contributed by atoms with Crippen molar-refractivity contribution in [1.29, 1.82) is 0 Å². The number of nitrogens with one attached hydrogen (secondary N) is 1. The molecule has 1 amide bonds. The van der Waals surface area contributed by atoms with Gasteiger partial charge in [-0.15, -0.1) is 0 Å². The molecule has 4 rings (SSSR count). The molecule has 1 aromatic heterocycles. The smallest absolute Gasteiger partial charge is 0.252 e. The second kappa shape index (κ2) is 9.02. The summed E-state index contributed by atoms with van der Waals surface area (Å²) in [5, 5.41) is 7.96. The molecule has 2 aromatic carbocycles. The number of hydrogen-bond donors (Lipinski definition) is 1. The largest absolute Gasteiger partial charge is 0.351 e. The van der Waals surface area contributed by atoms with Gasteiger partial charge in [0.2, 0.25) is 0 Å². The Bertz CT molecular complexity index is 1030. The lowest BCUT2D eigenvalue weighted by molar-refractivity contribution is 0.0950. The van der Waals surface area contributed by atoms with Crippen molar-refractivity contribution in [2.75, 3.05) is 26.2 Å². The van der Waals surface area contributed by atoms with Crippen molar-refractivity contribution in [3.63, 3.8) is 0 Å². The van der Waals surface area contributed by atoms with Gasteiger partial charge in [0.1, 0.15) is 0 Å². The van der Waals surface area contributed by atoms with Gasteiger partial charge in [0.25, 0.3) is 5.91 Å². The lowest BCUT2D eigenvalue weighted by Gasteiger charge is -2.17. The fraction of sp³-hybridized carbons (Fsp3) is 0.333. The highest BCUT2D eigenvalue weighted by atomic mass is 35.5. The monoisotopic (exact) mass is 422 g/mol. The first-order valence-corrected chi connectivity index (χ1v) is 10.8. The number of amides is 1. The highest BCUT2D eigenvalue weighted by Gasteiger charge is 2.23. The predicted octanol–water partition coefficient (Wildman–Crippen LogP) is 4.36. The summed E-state index contributed by atoms with van der Waals surface area (Å²) in [6, 6.07) is 18.1. The van der Waals surface area contributed by atoms with Crippen LogP contribution in [-0.2, 0) is 0 Å². The van der Waals surface area contributed by atoms with Crippen molar-refractivity contribution < 1.29 is 4.79 Å². The molecule has 6 heteroatoms. The Kier molecular flexibility index (Phi) is 6.21. The third-order valence-electron chi connectivity index (χ3n) is 5.71. The molecule has 5 nitrogen and oxygen atoms in total. The molecule has 1 aliphatic heterocycles. The number of aryl methyl sites for hydroxylation is 2. The van der Waals surface area contributed by atoms with Gasteiger partial charge in [-0.3, -0.25) is 4.79 Å². The first-order chi connectivity index (χ1) is 14.5. The van der Waals surface area contributed by atoms with E-state index < -0.39 is 0 Å². The minimum Gasteiger partial charge on any atom is -0.351 e. The van der Waals surface area contributed by atoms with Crippen molar-refractivity contribution in [3.8, 4) is 5.69 Å². The van der Waals surface area contributed by atoms with E-state index in [1.165, 1.54) is 5.56 Å². The average molecular weight is 423 g/mol. The van der Waals surface area contributed by atoms with Gasteiger partial charge in [-0.2, -0.15) is 5.10 Å². The van der Waals surface area contributed by atoms with Crippen molar-refractivity contribution in [2.45, 2.75) is 26.2 Å². The maximum absolute atomic E-state index is 12.8. The van der Waals surface area contributed by atoms with Crippen molar-refractivity contribution in [1.82, 2.24) is 20.0 Å². The van der Waals surface area contributed by atoms with Gasteiger partial charge in [0.15, 0.2) is 0 Å². The molecule has 0 unspecified atom stereocenters. The Morgan fingerprint density at radius 2 is 1.97 bits per heavy atom. The molecule has 2 heterocycles. The number of carbonyl (C=O) groups excluding carboxylic acids is 1. The summed E-state index contributed by atoms with van der Waals surface area (Å²) in [5.74, 6) is 0.427. The molecule has 0 saturated carbocycles. The summed E-state index contributed by atoms with van der Waals surface area (Å²) in [4.78, 5) is 15.2. The van der Waals surface area contributed by atoms with Gasteiger partial charge in [0.05, 0.1) is 22.0 Å². The van der Waals surface area contributed by atoms with E-state index >= 15 is 0 Å². The fourth-order valence-electron chi connectivity index (χ4n) is 4.17. The van der Waals surface area contributed by atoms with E-state index in [4.69, 9.17) is 11.6 Å². The lowest BCUT2D eigenvalue weighted by atomic mass is 9.99. The zero-order valence-corrected chi connectivity index (χ0v) is 18.2. The van der Waals surface area contributed by atoms with Gasteiger partial charge in [-0.1, -0.05) is 41.9 Å². The molecule has 1 fully saturated rings. The summed E-state index contributed by atoms with van der Waals surface area (Å²) < 4.78 is 1.83. The lowest BCUT2D eigenvalue weighted by Crippen LogP contribution is -2.34. The van der Waals surface area contributed by atoms with E-state index in [1.807, 2.05) is 30.7 Å². The molecule has 1 atom stereocenters. The molecule has 30 heavy (non-hydrogen) atoms. The molecule has 0 radical (unpaired) electrons. The number of rotatable bonds is 6. The topological polar surface area (TPSA) is 50.2 Å². The van der Waals surface area contributed by atoms with Gasteiger partial charge >= 0.3 is 0 Å². The second-order valence-electron chi connectivity index (χ2n) is 7.96. The van der Waals surface area contributed by atoms with E-state index in [2.05, 4.69) is 45.6 Å². The number of aromatic nitrogens is 2. The van der Waals surface area contributed by atoms with Crippen LogP contribution in [-0.4, -0.2) is 46.8 Å². The summed E-state index contributed by atoms with van der Waals surface area (Å²) in [7, 11) is 0. The molecule has 0 aliphatic carbocycles. The van der Waals surface area contributed by atoms with Crippen molar-refractivity contribution in [3.05, 3.63) is 82.1 Å². The van der Waals surface area contributed by atoms with Crippen LogP contribution in [0.1, 0.15) is 39.6 Å². The van der Waals surface area contributed by atoms with Crippen molar-refractivity contribution in [2.24, 2.45) is 0 Å². The minimum absolute atomic E-state index is 0.151. The maximum Gasteiger partial charge on any atom is 0.252 e. The van der Waals surface area contributed by atoms with Crippen LogP contribution < -0.4 is 5.32 Å². The Hall–Kier alpha value is -2.63. The van der Waals surface area contributed by atoms with Crippen LogP contribution in [0.5, 0.6) is 0 Å². The molecule has 1 aliphatic rings. The molecular weight excluding hydrogens is 396 g/mol. The predicted molar refractivity (Wildman–Crippen MR) is 121 cm³/mol. The van der Waals surface area contributed by atoms with E-state index in [0.29, 0.717) is 23.0 Å². The first-order valence-electron chi connectivity index (χ1n) is 10.4. The van der Waals surface area contributed by atoms with E-state index in [0.717, 1.165) is 43.1 Å². The molecule has 1 saturated heterocycles. The molecular formula is C24H27ClN4O. The number of nitrogens with zero attached hydrogens (tertiary/aromatic N) is 3. The summed E-state index contributed by atoms with van der Waals surface area (Å²) >= 11 is 6.32. The number of hydrogen-bond acceptors (Lipinski definition) is 3. The quantitative estimate of drug-likeness (QED) is 0.642. The highest BCUT2D eigenvalue weighted by Crippen LogP contribution is 2.26. The third kappa shape index (κ3) is 4.58. The Morgan fingerprint density at radius 1 is 1.17 bits per heavy atom. The minimum atomic E-state index is -0.151. The molecule has 1 N–H and O–H groups in total. The summed E-state index contributed by atoms with van der Waals surface area (Å²) in [6.45, 7) is 7.48. The zero-order chi connectivity index (χ0) is 21.1. The SMILES string of the molecule is Cc1cc(C)n(-c2ccc(Cl)c(C(=O)NCCN3CC[C@H](c4ccccc4)C3)c2)n1. The zero-order valence-electron chi connectivity index (χ0n) is 17.4. The van der Waals surface area contributed by atoms with E-state index in [-0.39, 0.29) is 5.91 Å². The van der Waals surface area contributed by atoms with Crippen LogP contribution >= 0.6 is 11.6 Å². The number of halogens is 1. The molecule has 3 aromatic rings. The summed E-state index contributed by atoms with van der Waals surface area (Å²) in [6.07, 6.45) is 1.16. The van der Waals surface area contributed by atoms with Crippen LogP contribution in [0.15, 0.2) is 54.6 Å². The fourth-order valence-corrected chi connectivity index (χ4v) is 4.37. The van der Waals surface area contributed by atoms with Crippen LogP contribution in [0.4, 0.5) is 0 Å². The van der Waals surface area contributed by atoms with Crippen LogP contribution in [0.2, 0.25) is 5.02 Å². The standard InChI is InChI=1S/C24H27ClN4O/c1-17-14-18(2)29(27-17)21-8-9-23(25)22(15-21)24(30)26-11-13-28-12-10-20(16-28)19-6-4-3-5-7-19/h3-9,14-15,20H,10-13,16H2,1-2H3,(H,26,30)/t20-/m0/s1. The van der Waals surface area contributed by atoms with Gasteiger partial charge < -0.3 is 10.2 Å². The van der Waals surface area contributed by atoms with Gasteiger partial charge in [-0.05, 0) is 62.6 Å². The maximum atomic E-state index is 12.8. The normalized spacial score (nSPS) is 16.7. The van der Waals surface area contributed by atoms with Crippen LogP contribution in [0.25, 0.3) is 5.69 Å². The molecule has 0 bridgehead atoms. The van der Waals surface area contributed by atoms with Crippen LogP contribution in [0, 0.1) is 13.8 Å². The average Bonchev–Trinajstić information content (AvgIpc) is 3.35. The summed E-state index contributed by atoms with van der Waals surface area (Å²) in [5.41, 5.74) is 4.67. The Morgan fingerprint density at radius 3 is 2.70 bits per heavy atom. The number of benzene rings is 2. The van der Waals surface area contributed by atoms with Gasteiger partial charge in [-0.25, -0.2) is 4.68 Å². The van der Waals surface area contributed by atoms with E-state index in [1.54, 1.807) is 12.1 Å². The third-order valence-corrected chi connectivity index (χ3v) is 6.04. The number of carbonyl (C=O) groups is 1. The van der Waals surface area contributed by atoms with Crippen molar-refractivity contribution >= 4 is 17.5 Å². The second-order valence-corrected chi connectivity index (χ2v) is 8.36. The van der Waals surface area contributed by atoms with Crippen LogP contribution in [0.3, 0.4) is 0 Å². The van der Waals surface area contributed by atoms with E-state index in [9.17, 15) is 4.79 Å². The first kappa shape index (κ1) is 20.6. The van der Waals surface area contributed by atoms with Gasteiger partial charge in [0, 0.05) is 25.3 Å². The Labute approximate surface area is 182 Å². The Balaban J connectivity index is 1.34. The molecule has 156 valence electrons. The molecule has 0 spiro atoms. The highest BCUT2D eigenvalue weighted by molar-refractivity contribution is 6.33.